The zero-order chi connectivity index (χ0) is 15.7. The Morgan fingerprint density at radius 3 is 2.86 bits per heavy atom. The van der Waals surface area contributed by atoms with Crippen LogP contribution in [0.5, 0.6) is 0 Å². The van der Waals surface area contributed by atoms with Crippen molar-refractivity contribution in [3.8, 4) is 0 Å². The van der Waals surface area contributed by atoms with E-state index in [2.05, 4.69) is 15.5 Å². The quantitative estimate of drug-likeness (QED) is 0.804. The smallest absolute Gasteiger partial charge is 0.277 e. The Morgan fingerprint density at radius 1 is 1.41 bits per heavy atom. The second-order valence-electron chi connectivity index (χ2n) is 5.05. The van der Waals surface area contributed by atoms with Crippen molar-refractivity contribution in [3.05, 3.63) is 34.1 Å². The normalized spacial score (nSPS) is 15.6. The van der Waals surface area contributed by atoms with Gasteiger partial charge in [0.1, 0.15) is 0 Å². The number of benzene rings is 1. The van der Waals surface area contributed by atoms with Crippen LogP contribution < -0.4 is 5.32 Å². The molecule has 1 aliphatic rings. The van der Waals surface area contributed by atoms with Crippen molar-refractivity contribution in [1.29, 1.82) is 0 Å². The van der Waals surface area contributed by atoms with Gasteiger partial charge < -0.3 is 9.73 Å². The van der Waals surface area contributed by atoms with E-state index in [1.54, 1.807) is 25.1 Å². The number of thioether (sulfide) groups is 1. The zero-order valence-electron chi connectivity index (χ0n) is 11.7. The van der Waals surface area contributed by atoms with Gasteiger partial charge in [-0.1, -0.05) is 35.0 Å². The number of halogens is 2. The average molecular weight is 358 g/mol. The summed E-state index contributed by atoms with van der Waals surface area (Å²) in [6.45, 7) is 1.77. The Labute approximate surface area is 141 Å². The van der Waals surface area contributed by atoms with Gasteiger partial charge in [-0.05, 0) is 38.0 Å². The number of hydrogen-bond donors (Lipinski definition) is 1. The highest BCUT2D eigenvalue weighted by atomic mass is 35.5. The van der Waals surface area contributed by atoms with Gasteiger partial charge in [-0.2, -0.15) is 0 Å². The number of anilines is 1. The summed E-state index contributed by atoms with van der Waals surface area (Å²) in [6, 6.07) is 4.91. The van der Waals surface area contributed by atoms with Crippen molar-refractivity contribution in [2.75, 3.05) is 5.32 Å². The van der Waals surface area contributed by atoms with Crippen LogP contribution in [0.15, 0.2) is 27.8 Å². The maximum absolute atomic E-state index is 12.2. The second-order valence-corrected chi connectivity index (χ2v) is 7.19. The van der Waals surface area contributed by atoms with Crippen LogP contribution in [-0.4, -0.2) is 21.4 Å². The molecule has 1 saturated carbocycles. The highest BCUT2D eigenvalue weighted by Crippen LogP contribution is 2.40. The van der Waals surface area contributed by atoms with Crippen LogP contribution in [0.4, 0.5) is 5.69 Å². The lowest BCUT2D eigenvalue weighted by Gasteiger charge is -2.11. The van der Waals surface area contributed by atoms with Gasteiger partial charge in [-0.3, -0.25) is 4.79 Å². The first kappa shape index (κ1) is 15.6. The summed E-state index contributed by atoms with van der Waals surface area (Å²) in [5.74, 6) is 0.870. The molecule has 0 aliphatic heterocycles. The SMILES string of the molecule is C[C@H](Sc1nnc(C2CC2)o1)C(=O)Nc1ccc(Cl)cc1Cl. The molecule has 1 aromatic carbocycles. The Morgan fingerprint density at radius 2 is 2.18 bits per heavy atom. The molecular weight excluding hydrogens is 345 g/mol. The van der Waals surface area contributed by atoms with Gasteiger partial charge >= 0.3 is 0 Å². The molecule has 5 nitrogen and oxygen atoms in total. The third kappa shape index (κ3) is 3.74. The van der Waals surface area contributed by atoms with Gasteiger partial charge in [0.05, 0.1) is 16.0 Å². The summed E-state index contributed by atoms with van der Waals surface area (Å²) in [6.07, 6.45) is 2.19. The molecule has 1 aromatic heterocycles. The molecule has 1 N–H and O–H groups in total. The molecule has 8 heteroatoms. The first-order valence-corrected chi connectivity index (χ1v) is 8.42. The van der Waals surface area contributed by atoms with E-state index < -0.39 is 0 Å². The topological polar surface area (TPSA) is 68.0 Å². The Bertz CT molecular complexity index is 703. The summed E-state index contributed by atoms with van der Waals surface area (Å²) in [5, 5.41) is 11.6. The summed E-state index contributed by atoms with van der Waals surface area (Å²) in [4.78, 5) is 12.2. The van der Waals surface area contributed by atoms with E-state index in [0.29, 0.717) is 32.8 Å². The van der Waals surface area contributed by atoms with Gasteiger partial charge in [-0.15, -0.1) is 10.2 Å². The molecule has 0 bridgehead atoms. The van der Waals surface area contributed by atoms with E-state index in [1.807, 2.05) is 0 Å². The number of nitrogens with one attached hydrogen (secondary N) is 1. The van der Waals surface area contributed by atoms with Crippen LogP contribution in [-0.2, 0) is 4.79 Å². The van der Waals surface area contributed by atoms with Crippen molar-refractivity contribution in [2.45, 2.75) is 36.2 Å². The molecule has 116 valence electrons. The molecule has 2 aromatic rings. The molecule has 1 aliphatic carbocycles. The summed E-state index contributed by atoms with van der Waals surface area (Å²) >= 11 is 13.1. The Hall–Kier alpha value is -1.24. The molecule has 0 unspecified atom stereocenters. The van der Waals surface area contributed by atoms with Gasteiger partial charge in [0.15, 0.2) is 0 Å². The monoisotopic (exact) mass is 357 g/mol. The predicted molar refractivity (Wildman–Crippen MR) is 86.7 cm³/mol. The number of carbonyl (C=O) groups is 1. The maximum atomic E-state index is 12.2. The molecule has 1 atom stereocenters. The lowest BCUT2D eigenvalue weighted by molar-refractivity contribution is -0.115. The van der Waals surface area contributed by atoms with Crippen molar-refractivity contribution < 1.29 is 9.21 Å². The summed E-state index contributed by atoms with van der Waals surface area (Å²) < 4.78 is 5.54. The zero-order valence-corrected chi connectivity index (χ0v) is 14.0. The van der Waals surface area contributed by atoms with Crippen LogP contribution in [0.1, 0.15) is 31.6 Å². The fraction of sp³-hybridized carbons (Fsp3) is 0.357. The number of amides is 1. The fourth-order valence-electron chi connectivity index (χ4n) is 1.79. The number of aromatic nitrogens is 2. The van der Waals surface area contributed by atoms with E-state index in [1.165, 1.54) is 11.8 Å². The van der Waals surface area contributed by atoms with E-state index in [0.717, 1.165) is 12.8 Å². The largest absolute Gasteiger partial charge is 0.416 e. The number of carbonyl (C=O) groups excluding carboxylic acids is 1. The van der Waals surface area contributed by atoms with E-state index in [9.17, 15) is 4.79 Å². The number of nitrogens with zero attached hydrogens (tertiary/aromatic N) is 2. The molecule has 3 rings (SSSR count). The number of hydrogen-bond acceptors (Lipinski definition) is 5. The Balaban J connectivity index is 1.60. The standard InChI is InChI=1S/C14H13Cl2N3O2S/c1-7(22-14-19-18-13(21-14)8-2-3-8)12(20)17-11-5-4-9(15)6-10(11)16/h4-8H,2-3H2,1H3,(H,17,20)/t7-/m0/s1. The molecule has 22 heavy (non-hydrogen) atoms. The van der Waals surface area contributed by atoms with Crippen LogP contribution in [0.25, 0.3) is 0 Å². The third-order valence-corrected chi connectivity index (χ3v) is 4.67. The minimum atomic E-state index is -0.390. The maximum Gasteiger partial charge on any atom is 0.277 e. The van der Waals surface area contributed by atoms with Crippen molar-refractivity contribution in [2.24, 2.45) is 0 Å². The number of rotatable bonds is 5. The Kier molecular flexibility index (Phi) is 4.61. The van der Waals surface area contributed by atoms with Crippen LogP contribution in [0.2, 0.25) is 10.0 Å². The lowest BCUT2D eigenvalue weighted by Crippen LogP contribution is -2.22. The highest BCUT2D eigenvalue weighted by molar-refractivity contribution is 8.00. The van der Waals surface area contributed by atoms with Gasteiger partial charge in [0.25, 0.3) is 5.22 Å². The predicted octanol–water partition coefficient (Wildman–Crippen LogP) is 4.37. The molecule has 1 fully saturated rings. The lowest BCUT2D eigenvalue weighted by atomic mass is 10.3. The minimum absolute atomic E-state index is 0.194. The molecular formula is C14H13Cl2N3O2S. The molecule has 1 heterocycles. The summed E-state index contributed by atoms with van der Waals surface area (Å²) in [5.41, 5.74) is 0.521. The van der Waals surface area contributed by atoms with Gasteiger partial charge in [0, 0.05) is 10.9 Å². The van der Waals surface area contributed by atoms with E-state index >= 15 is 0 Å². The van der Waals surface area contributed by atoms with Crippen LogP contribution >= 0.6 is 35.0 Å². The molecule has 0 spiro atoms. The second kappa shape index (κ2) is 6.48. The first-order chi connectivity index (χ1) is 10.5. The van der Waals surface area contributed by atoms with Gasteiger partial charge in [-0.25, -0.2) is 0 Å². The van der Waals surface area contributed by atoms with Crippen molar-refractivity contribution >= 4 is 46.6 Å². The van der Waals surface area contributed by atoms with E-state index in [4.69, 9.17) is 27.6 Å². The third-order valence-electron chi connectivity index (χ3n) is 3.18. The molecule has 1 amide bonds. The summed E-state index contributed by atoms with van der Waals surface area (Å²) in [7, 11) is 0. The van der Waals surface area contributed by atoms with E-state index in [-0.39, 0.29) is 11.2 Å². The fourth-order valence-corrected chi connectivity index (χ4v) is 2.94. The average Bonchev–Trinajstić information content (AvgIpc) is 3.22. The highest BCUT2D eigenvalue weighted by Gasteiger charge is 2.30. The van der Waals surface area contributed by atoms with Crippen LogP contribution in [0, 0.1) is 0 Å². The first-order valence-electron chi connectivity index (χ1n) is 6.79. The minimum Gasteiger partial charge on any atom is -0.416 e. The van der Waals surface area contributed by atoms with Gasteiger partial charge in [0.2, 0.25) is 11.8 Å². The van der Waals surface area contributed by atoms with Crippen molar-refractivity contribution in [1.82, 2.24) is 10.2 Å². The van der Waals surface area contributed by atoms with Crippen LogP contribution in [0.3, 0.4) is 0 Å². The molecule has 0 radical (unpaired) electrons. The molecule has 0 saturated heterocycles. The van der Waals surface area contributed by atoms with Crippen molar-refractivity contribution in [3.63, 3.8) is 0 Å².